The van der Waals surface area contributed by atoms with Crippen molar-refractivity contribution in [3.05, 3.63) is 83.2 Å². The van der Waals surface area contributed by atoms with E-state index in [1.807, 2.05) is 55.1 Å². The van der Waals surface area contributed by atoms with Gasteiger partial charge in [0.1, 0.15) is 0 Å². The van der Waals surface area contributed by atoms with Crippen LogP contribution in [0.25, 0.3) is 0 Å². The first kappa shape index (κ1) is 19.5. The number of nitrogens with one attached hydrogen (secondary N) is 1. The van der Waals surface area contributed by atoms with Gasteiger partial charge in [0.2, 0.25) is 5.95 Å². The topological polar surface area (TPSA) is 58.1 Å². The molecule has 0 bridgehead atoms. The summed E-state index contributed by atoms with van der Waals surface area (Å²) < 4.78 is 0. The number of carbonyl (C=O) groups is 1. The number of aryl methyl sites for hydroxylation is 2. The van der Waals surface area contributed by atoms with Gasteiger partial charge in [0.25, 0.3) is 5.91 Å². The summed E-state index contributed by atoms with van der Waals surface area (Å²) in [7, 11) is 0. The molecule has 0 aliphatic rings. The van der Waals surface area contributed by atoms with Gasteiger partial charge in [-0.25, -0.2) is 9.97 Å². The molecule has 0 fully saturated rings. The van der Waals surface area contributed by atoms with Crippen LogP contribution in [-0.4, -0.2) is 26.8 Å². The number of hydrogen-bond donors (Lipinski definition) is 1. The lowest BCUT2D eigenvalue weighted by Crippen LogP contribution is -2.36. The fraction of sp³-hybridized carbons (Fsp3) is 0.261. The molecule has 1 heterocycles. The molecule has 0 unspecified atom stereocenters. The van der Waals surface area contributed by atoms with Crippen molar-refractivity contribution in [1.29, 1.82) is 0 Å². The van der Waals surface area contributed by atoms with Gasteiger partial charge in [-0.2, -0.15) is 0 Å². The molecule has 0 aliphatic carbocycles. The summed E-state index contributed by atoms with van der Waals surface area (Å²) in [6, 6.07) is 16.2. The zero-order valence-electron chi connectivity index (χ0n) is 16.8. The number of nitrogens with zero attached hydrogens (tertiary/aromatic N) is 3. The van der Waals surface area contributed by atoms with E-state index in [-0.39, 0.29) is 11.9 Å². The Bertz CT molecular complexity index is 937. The Hall–Kier alpha value is -3.21. The highest BCUT2D eigenvalue weighted by Gasteiger charge is 2.20. The molecule has 1 amide bonds. The first-order chi connectivity index (χ1) is 13.4. The smallest absolute Gasteiger partial charge is 0.257 e. The van der Waals surface area contributed by atoms with Crippen LogP contribution in [0.5, 0.6) is 0 Å². The van der Waals surface area contributed by atoms with E-state index in [1.165, 1.54) is 11.1 Å². The Morgan fingerprint density at radius 1 is 1.00 bits per heavy atom. The van der Waals surface area contributed by atoms with Crippen LogP contribution < -0.4 is 5.32 Å². The maximum atomic E-state index is 13.0. The van der Waals surface area contributed by atoms with E-state index >= 15 is 0 Å². The van der Waals surface area contributed by atoms with Crippen LogP contribution in [0.2, 0.25) is 0 Å². The summed E-state index contributed by atoms with van der Waals surface area (Å²) in [5.74, 6) is 0.399. The summed E-state index contributed by atoms with van der Waals surface area (Å²) in [5, 5.41) is 3.18. The molecule has 2 aromatic carbocycles. The van der Waals surface area contributed by atoms with Gasteiger partial charge >= 0.3 is 0 Å². The van der Waals surface area contributed by atoms with Crippen LogP contribution in [0.3, 0.4) is 0 Å². The minimum absolute atomic E-state index is 0.0704. The SMILES string of the molecule is Cc1ccc(Nc2ncc(C(=O)N(Cc3ccccc3)C(C)C)cn2)cc1C. The Morgan fingerprint density at radius 3 is 2.29 bits per heavy atom. The Morgan fingerprint density at radius 2 is 1.68 bits per heavy atom. The van der Waals surface area contributed by atoms with Gasteiger partial charge in [-0.15, -0.1) is 0 Å². The fourth-order valence-electron chi connectivity index (χ4n) is 2.89. The quantitative estimate of drug-likeness (QED) is 0.667. The molecule has 0 saturated heterocycles. The highest BCUT2D eigenvalue weighted by Crippen LogP contribution is 2.18. The van der Waals surface area contributed by atoms with Crippen LogP contribution in [0.15, 0.2) is 60.9 Å². The lowest BCUT2D eigenvalue weighted by atomic mass is 10.1. The monoisotopic (exact) mass is 374 g/mol. The van der Waals surface area contributed by atoms with Crippen molar-refractivity contribution in [2.75, 3.05) is 5.32 Å². The second-order valence-corrected chi connectivity index (χ2v) is 7.23. The van der Waals surface area contributed by atoms with Crippen molar-refractivity contribution in [3.8, 4) is 0 Å². The zero-order chi connectivity index (χ0) is 20.1. The van der Waals surface area contributed by atoms with Crippen LogP contribution in [0.4, 0.5) is 11.6 Å². The molecule has 3 rings (SSSR count). The van der Waals surface area contributed by atoms with E-state index in [2.05, 4.69) is 41.3 Å². The third-order valence-electron chi connectivity index (χ3n) is 4.74. The number of benzene rings is 2. The minimum Gasteiger partial charge on any atom is -0.332 e. The molecular formula is C23H26N4O. The van der Waals surface area contributed by atoms with Crippen LogP contribution >= 0.6 is 0 Å². The Balaban J connectivity index is 1.73. The van der Waals surface area contributed by atoms with Gasteiger partial charge in [0.05, 0.1) is 5.56 Å². The van der Waals surface area contributed by atoms with Crippen LogP contribution in [0, 0.1) is 13.8 Å². The predicted molar refractivity (Wildman–Crippen MR) is 113 cm³/mol. The molecule has 1 aromatic heterocycles. The van der Waals surface area contributed by atoms with Gasteiger partial charge in [0.15, 0.2) is 0 Å². The standard InChI is InChI=1S/C23H26N4O/c1-16(2)27(15-19-8-6-5-7-9-19)22(28)20-13-24-23(25-14-20)26-21-11-10-17(3)18(4)12-21/h5-14,16H,15H2,1-4H3,(H,24,25,26). The minimum atomic E-state index is -0.0726. The molecule has 0 aliphatic heterocycles. The molecule has 5 heteroatoms. The van der Waals surface area contributed by atoms with Crippen molar-refractivity contribution in [1.82, 2.24) is 14.9 Å². The summed E-state index contributed by atoms with van der Waals surface area (Å²) in [5.41, 5.74) is 4.94. The van der Waals surface area contributed by atoms with Gasteiger partial charge in [-0.05, 0) is 56.5 Å². The molecule has 0 radical (unpaired) electrons. The molecule has 3 aromatic rings. The normalized spacial score (nSPS) is 10.8. The first-order valence-electron chi connectivity index (χ1n) is 9.45. The molecule has 5 nitrogen and oxygen atoms in total. The molecule has 28 heavy (non-hydrogen) atoms. The first-order valence-corrected chi connectivity index (χ1v) is 9.45. The van der Waals surface area contributed by atoms with Crippen LogP contribution in [-0.2, 0) is 6.54 Å². The van der Waals surface area contributed by atoms with E-state index < -0.39 is 0 Å². The number of hydrogen-bond acceptors (Lipinski definition) is 4. The number of carbonyl (C=O) groups excluding carboxylic acids is 1. The summed E-state index contributed by atoms with van der Waals surface area (Å²) >= 11 is 0. The second-order valence-electron chi connectivity index (χ2n) is 7.23. The second kappa shape index (κ2) is 8.65. The summed E-state index contributed by atoms with van der Waals surface area (Å²) in [6.07, 6.45) is 3.16. The van der Waals surface area contributed by atoms with E-state index in [1.54, 1.807) is 12.4 Å². The highest BCUT2D eigenvalue weighted by molar-refractivity contribution is 5.93. The summed E-state index contributed by atoms with van der Waals surface area (Å²) in [4.78, 5) is 23.4. The predicted octanol–water partition coefficient (Wildman–Crippen LogP) is 4.89. The van der Waals surface area contributed by atoms with E-state index in [0.29, 0.717) is 18.1 Å². The largest absolute Gasteiger partial charge is 0.332 e. The van der Waals surface area contributed by atoms with E-state index in [0.717, 1.165) is 11.3 Å². The molecule has 144 valence electrons. The Labute approximate surface area is 166 Å². The van der Waals surface area contributed by atoms with Gasteiger partial charge in [0, 0.05) is 30.7 Å². The van der Waals surface area contributed by atoms with Crippen LogP contribution in [0.1, 0.15) is 40.9 Å². The van der Waals surface area contributed by atoms with Gasteiger partial charge in [-0.3, -0.25) is 4.79 Å². The molecule has 1 N–H and O–H groups in total. The van der Waals surface area contributed by atoms with E-state index in [4.69, 9.17) is 0 Å². The average molecular weight is 374 g/mol. The van der Waals surface area contributed by atoms with Crippen molar-refractivity contribution in [3.63, 3.8) is 0 Å². The maximum Gasteiger partial charge on any atom is 0.257 e. The third-order valence-corrected chi connectivity index (χ3v) is 4.74. The van der Waals surface area contributed by atoms with Gasteiger partial charge in [-0.1, -0.05) is 36.4 Å². The summed E-state index contributed by atoms with van der Waals surface area (Å²) in [6.45, 7) is 8.72. The lowest BCUT2D eigenvalue weighted by Gasteiger charge is -2.26. The number of rotatable bonds is 6. The van der Waals surface area contributed by atoms with Crippen molar-refractivity contribution in [2.24, 2.45) is 0 Å². The number of aromatic nitrogens is 2. The average Bonchev–Trinajstić information content (AvgIpc) is 2.69. The Kier molecular flexibility index (Phi) is 6.04. The fourth-order valence-corrected chi connectivity index (χ4v) is 2.89. The van der Waals surface area contributed by atoms with E-state index in [9.17, 15) is 4.79 Å². The molecule has 0 spiro atoms. The van der Waals surface area contributed by atoms with Crippen molar-refractivity contribution < 1.29 is 4.79 Å². The highest BCUT2D eigenvalue weighted by atomic mass is 16.2. The van der Waals surface area contributed by atoms with Gasteiger partial charge < -0.3 is 10.2 Å². The number of amides is 1. The molecular weight excluding hydrogens is 348 g/mol. The lowest BCUT2D eigenvalue weighted by molar-refractivity contribution is 0.0689. The number of anilines is 2. The van der Waals surface area contributed by atoms with Crippen molar-refractivity contribution in [2.45, 2.75) is 40.3 Å². The van der Waals surface area contributed by atoms with Crippen molar-refractivity contribution >= 4 is 17.5 Å². The zero-order valence-corrected chi connectivity index (χ0v) is 16.8. The third kappa shape index (κ3) is 4.74. The molecule has 0 saturated carbocycles. The maximum absolute atomic E-state index is 13.0. The molecule has 0 atom stereocenters.